The highest BCUT2D eigenvalue weighted by Gasteiger charge is 2.29. The Morgan fingerprint density at radius 1 is 1.14 bits per heavy atom. The molecule has 5 nitrogen and oxygen atoms in total. The Labute approximate surface area is 130 Å². The number of ether oxygens (including phenoxy) is 1. The minimum absolute atomic E-state index is 0.307. The molecule has 6 heteroatoms. The third kappa shape index (κ3) is 2.50. The van der Waals surface area contributed by atoms with Crippen LogP contribution in [0.15, 0.2) is 47.4 Å². The van der Waals surface area contributed by atoms with Gasteiger partial charge in [0.1, 0.15) is 5.75 Å². The van der Waals surface area contributed by atoms with Crippen LogP contribution in [-0.2, 0) is 10.0 Å². The molecule has 0 fully saturated rings. The maximum atomic E-state index is 12.9. The van der Waals surface area contributed by atoms with Crippen molar-refractivity contribution in [2.75, 3.05) is 29.8 Å². The quantitative estimate of drug-likeness (QED) is 0.945. The van der Waals surface area contributed by atoms with Gasteiger partial charge < -0.3 is 10.1 Å². The first-order chi connectivity index (χ1) is 10.5. The van der Waals surface area contributed by atoms with Gasteiger partial charge >= 0.3 is 0 Å². The van der Waals surface area contributed by atoms with Crippen LogP contribution in [0.1, 0.15) is 5.56 Å². The molecule has 2 aromatic rings. The first kappa shape index (κ1) is 14.7. The van der Waals surface area contributed by atoms with Crippen molar-refractivity contribution in [2.45, 2.75) is 11.8 Å². The summed E-state index contributed by atoms with van der Waals surface area (Å²) in [5.74, 6) is 0.695. The summed E-state index contributed by atoms with van der Waals surface area (Å²) in [5.41, 5.74) is 2.44. The van der Waals surface area contributed by atoms with Crippen LogP contribution in [0.25, 0.3) is 0 Å². The van der Waals surface area contributed by atoms with E-state index < -0.39 is 10.0 Å². The molecule has 0 bridgehead atoms. The number of aryl methyl sites for hydroxylation is 1. The van der Waals surface area contributed by atoms with Gasteiger partial charge in [0.15, 0.2) is 0 Å². The Balaban J connectivity index is 2.05. The average molecular weight is 318 g/mol. The molecule has 0 unspecified atom stereocenters. The summed E-state index contributed by atoms with van der Waals surface area (Å²) in [5, 5.41) is 3.21. The number of fused-ring (bicyclic) bond motifs is 1. The minimum Gasteiger partial charge on any atom is -0.497 e. The molecule has 0 saturated heterocycles. The molecule has 0 aliphatic carbocycles. The fourth-order valence-corrected chi connectivity index (χ4v) is 3.99. The Kier molecular flexibility index (Phi) is 3.70. The summed E-state index contributed by atoms with van der Waals surface area (Å²) < 4.78 is 32.4. The molecule has 116 valence electrons. The van der Waals surface area contributed by atoms with Gasteiger partial charge in [-0.2, -0.15) is 0 Å². The number of nitrogens with one attached hydrogen (secondary N) is 1. The van der Waals surface area contributed by atoms with Crippen LogP contribution in [0.3, 0.4) is 0 Å². The van der Waals surface area contributed by atoms with Gasteiger partial charge in [-0.3, -0.25) is 4.31 Å². The van der Waals surface area contributed by atoms with Crippen molar-refractivity contribution in [1.82, 2.24) is 0 Å². The lowest BCUT2D eigenvalue weighted by molar-refractivity contribution is 0.415. The van der Waals surface area contributed by atoms with Crippen molar-refractivity contribution in [3.8, 4) is 5.75 Å². The monoisotopic (exact) mass is 318 g/mol. The summed E-state index contributed by atoms with van der Waals surface area (Å²) in [4.78, 5) is 0.307. The minimum atomic E-state index is -3.56. The highest BCUT2D eigenvalue weighted by Crippen LogP contribution is 2.35. The fraction of sp³-hybridized carbons (Fsp3) is 0.250. The van der Waals surface area contributed by atoms with E-state index in [-0.39, 0.29) is 0 Å². The number of hydrogen-bond acceptors (Lipinski definition) is 4. The predicted molar refractivity (Wildman–Crippen MR) is 87.2 cm³/mol. The van der Waals surface area contributed by atoms with Crippen LogP contribution in [-0.4, -0.2) is 28.6 Å². The Bertz CT molecular complexity index is 786. The van der Waals surface area contributed by atoms with Crippen molar-refractivity contribution >= 4 is 21.4 Å². The molecule has 1 aliphatic rings. The second kappa shape index (κ2) is 5.53. The third-order valence-corrected chi connectivity index (χ3v) is 5.54. The van der Waals surface area contributed by atoms with Crippen LogP contribution in [0.5, 0.6) is 5.75 Å². The second-order valence-corrected chi connectivity index (χ2v) is 7.06. The first-order valence-corrected chi connectivity index (χ1v) is 8.48. The SMILES string of the molecule is COc1ccc2c(c1)NCCN2S(=O)(=O)c1ccc(C)cc1. The van der Waals surface area contributed by atoms with Gasteiger partial charge in [-0.05, 0) is 31.2 Å². The zero-order valence-corrected chi connectivity index (χ0v) is 13.4. The fourth-order valence-electron chi connectivity index (χ4n) is 2.50. The summed E-state index contributed by atoms with van der Waals surface area (Å²) in [6.07, 6.45) is 0. The molecule has 0 aromatic heterocycles. The molecule has 0 spiro atoms. The number of methoxy groups -OCH3 is 1. The first-order valence-electron chi connectivity index (χ1n) is 7.04. The van der Waals surface area contributed by atoms with Gasteiger partial charge in [0, 0.05) is 12.6 Å². The number of hydrogen-bond donors (Lipinski definition) is 1. The van der Waals surface area contributed by atoms with E-state index in [2.05, 4.69) is 5.32 Å². The number of nitrogens with zero attached hydrogens (tertiary/aromatic N) is 1. The van der Waals surface area contributed by atoms with E-state index >= 15 is 0 Å². The zero-order chi connectivity index (χ0) is 15.7. The Hall–Kier alpha value is -2.21. The van der Waals surface area contributed by atoms with E-state index in [0.29, 0.717) is 29.4 Å². The lowest BCUT2D eigenvalue weighted by atomic mass is 10.2. The molecule has 22 heavy (non-hydrogen) atoms. The number of anilines is 2. The van der Waals surface area contributed by atoms with E-state index in [1.54, 1.807) is 31.4 Å². The molecule has 0 atom stereocenters. The van der Waals surface area contributed by atoms with Gasteiger partial charge in [-0.1, -0.05) is 17.7 Å². The normalized spacial score (nSPS) is 14.2. The van der Waals surface area contributed by atoms with E-state index in [9.17, 15) is 8.42 Å². The molecular weight excluding hydrogens is 300 g/mol. The lowest BCUT2D eigenvalue weighted by Crippen LogP contribution is -2.38. The van der Waals surface area contributed by atoms with Crippen LogP contribution in [0.2, 0.25) is 0 Å². The lowest BCUT2D eigenvalue weighted by Gasteiger charge is -2.31. The van der Waals surface area contributed by atoms with E-state index in [1.165, 1.54) is 4.31 Å². The van der Waals surface area contributed by atoms with Gasteiger partial charge in [0.2, 0.25) is 0 Å². The van der Waals surface area contributed by atoms with Crippen molar-refractivity contribution in [3.63, 3.8) is 0 Å². The molecular formula is C16H18N2O3S. The van der Waals surface area contributed by atoms with E-state index in [0.717, 1.165) is 11.3 Å². The maximum Gasteiger partial charge on any atom is 0.264 e. The molecule has 0 amide bonds. The smallest absolute Gasteiger partial charge is 0.264 e. The molecule has 1 N–H and O–H groups in total. The van der Waals surface area contributed by atoms with Gasteiger partial charge in [0.05, 0.1) is 29.9 Å². The van der Waals surface area contributed by atoms with Gasteiger partial charge in [-0.25, -0.2) is 8.42 Å². The predicted octanol–water partition coefficient (Wildman–Crippen LogP) is 2.62. The molecule has 1 aliphatic heterocycles. The Morgan fingerprint density at radius 3 is 2.55 bits per heavy atom. The van der Waals surface area contributed by atoms with Crippen molar-refractivity contribution in [1.29, 1.82) is 0 Å². The highest BCUT2D eigenvalue weighted by atomic mass is 32.2. The van der Waals surface area contributed by atoms with Gasteiger partial charge in [0.25, 0.3) is 10.0 Å². The van der Waals surface area contributed by atoms with Crippen molar-refractivity contribution in [3.05, 3.63) is 48.0 Å². The van der Waals surface area contributed by atoms with Gasteiger partial charge in [-0.15, -0.1) is 0 Å². The third-order valence-electron chi connectivity index (χ3n) is 3.71. The highest BCUT2D eigenvalue weighted by molar-refractivity contribution is 7.92. The van der Waals surface area contributed by atoms with Crippen molar-refractivity contribution in [2.24, 2.45) is 0 Å². The number of rotatable bonds is 3. The number of sulfonamides is 1. The topological polar surface area (TPSA) is 58.6 Å². The van der Waals surface area contributed by atoms with Crippen LogP contribution in [0, 0.1) is 6.92 Å². The van der Waals surface area contributed by atoms with Crippen LogP contribution in [0.4, 0.5) is 11.4 Å². The van der Waals surface area contributed by atoms with Crippen molar-refractivity contribution < 1.29 is 13.2 Å². The molecule has 3 rings (SSSR count). The standard InChI is InChI=1S/C16H18N2O3S/c1-12-3-6-14(7-4-12)22(19,20)18-10-9-17-15-11-13(21-2)5-8-16(15)18/h3-8,11,17H,9-10H2,1-2H3. The largest absolute Gasteiger partial charge is 0.497 e. The van der Waals surface area contributed by atoms with E-state index in [1.807, 2.05) is 25.1 Å². The summed E-state index contributed by atoms with van der Waals surface area (Å²) >= 11 is 0. The van der Waals surface area contributed by atoms with Crippen LogP contribution >= 0.6 is 0 Å². The average Bonchev–Trinajstić information content (AvgIpc) is 2.54. The summed E-state index contributed by atoms with van der Waals surface area (Å²) in [7, 11) is -1.97. The summed E-state index contributed by atoms with van der Waals surface area (Å²) in [6, 6.07) is 12.3. The summed E-state index contributed by atoms with van der Waals surface area (Å²) in [6.45, 7) is 2.89. The zero-order valence-electron chi connectivity index (χ0n) is 12.5. The maximum absolute atomic E-state index is 12.9. The van der Waals surface area contributed by atoms with E-state index in [4.69, 9.17) is 4.74 Å². The number of benzene rings is 2. The second-order valence-electron chi connectivity index (χ2n) is 5.20. The molecule has 2 aromatic carbocycles. The Morgan fingerprint density at radius 2 is 1.86 bits per heavy atom. The van der Waals surface area contributed by atoms with Crippen LogP contribution < -0.4 is 14.4 Å². The molecule has 1 heterocycles. The molecule has 0 radical (unpaired) electrons. The molecule has 0 saturated carbocycles.